The summed E-state index contributed by atoms with van der Waals surface area (Å²) in [5.41, 5.74) is 3.95. The predicted molar refractivity (Wildman–Crippen MR) is 70.1 cm³/mol. The van der Waals surface area contributed by atoms with Crippen LogP contribution in [0.15, 0.2) is 18.3 Å². The molecule has 0 aliphatic carbocycles. The van der Waals surface area contributed by atoms with Crippen molar-refractivity contribution in [1.82, 2.24) is 25.4 Å². The Hall–Kier alpha value is -2.88. The number of carbonyl (C=O) groups excluding carboxylic acids is 1. The molecule has 1 aliphatic rings. The van der Waals surface area contributed by atoms with Crippen LogP contribution >= 0.6 is 0 Å². The van der Waals surface area contributed by atoms with E-state index < -0.39 is 0 Å². The minimum Gasteiger partial charge on any atom is -0.354 e. The molecule has 0 saturated heterocycles. The van der Waals surface area contributed by atoms with E-state index in [-0.39, 0.29) is 5.91 Å². The molecule has 3 rings (SSSR count). The van der Waals surface area contributed by atoms with Gasteiger partial charge in [0.15, 0.2) is 6.19 Å². The van der Waals surface area contributed by atoms with E-state index in [1.165, 1.54) is 0 Å². The second-order valence-electron chi connectivity index (χ2n) is 4.50. The van der Waals surface area contributed by atoms with Gasteiger partial charge in [0.05, 0.1) is 24.5 Å². The lowest BCUT2D eigenvalue weighted by Crippen LogP contribution is -2.18. The molecule has 3 heterocycles. The summed E-state index contributed by atoms with van der Waals surface area (Å²) in [4.78, 5) is 17.2. The van der Waals surface area contributed by atoms with E-state index >= 15 is 0 Å². The quantitative estimate of drug-likeness (QED) is 0.778. The van der Waals surface area contributed by atoms with Gasteiger partial charge in [0.1, 0.15) is 5.69 Å². The molecule has 0 bridgehead atoms. The lowest BCUT2D eigenvalue weighted by molar-refractivity contribution is 0.0958. The number of nitrogens with one attached hydrogen (secondary N) is 2. The number of H-pyrrole nitrogens is 1. The highest BCUT2D eigenvalue weighted by Crippen LogP contribution is 2.29. The molecule has 20 heavy (non-hydrogen) atoms. The Bertz CT molecular complexity index is 697. The second-order valence-corrected chi connectivity index (χ2v) is 4.50. The van der Waals surface area contributed by atoms with Gasteiger partial charge in [-0.3, -0.25) is 14.9 Å². The molecule has 0 atom stereocenters. The molecular formula is C13H12N6O. The Balaban J connectivity index is 1.92. The summed E-state index contributed by atoms with van der Waals surface area (Å²) >= 11 is 0. The first-order valence-electron chi connectivity index (χ1n) is 6.12. The summed E-state index contributed by atoms with van der Waals surface area (Å²) < 4.78 is 0. The van der Waals surface area contributed by atoms with Crippen LogP contribution < -0.4 is 5.32 Å². The maximum Gasteiger partial charge on any atom is 0.269 e. The van der Waals surface area contributed by atoms with Crippen LogP contribution in [0.2, 0.25) is 0 Å². The number of hydrogen-bond donors (Lipinski definition) is 2. The third kappa shape index (κ3) is 1.87. The molecule has 0 spiro atoms. The Morgan fingerprint density at radius 3 is 3.00 bits per heavy atom. The van der Waals surface area contributed by atoms with Crippen molar-refractivity contribution >= 4 is 5.91 Å². The van der Waals surface area contributed by atoms with Crippen LogP contribution in [0.25, 0.3) is 11.3 Å². The third-order valence-electron chi connectivity index (χ3n) is 3.29. The summed E-state index contributed by atoms with van der Waals surface area (Å²) in [5.74, 6) is -0.223. The molecule has 1 amide bonds. The van der Waals surface area contributed by atoms with E-state index in [1.54, 1.807) is 24.2 Å². The van der Waals surface area contributed by atoms with Gasteiger partial charge in [-0.25, -0.2) is 0 Å². The van der Waals surface area contributed by atoms with Gasteiger partial charge >= 0.3 is 0 Å². The monoisotopic (exact) mass is 268 g/mol. The van der Waals surface area contributed by atoms with Gasteiger partial charge in [0.2, 0.25) is 0 Å². The van der Waals surface area contributed by atoms with Crippen molar-refractivity contribution in [3.8, 4) is 17.5 Å². The summed E-state index contributed by atoms with van der Waals surface area (Å²) in [5, 5.41) is 18.7. The first kappa shape index (κ1) is 12.2. The molecule has 1 aliphatic heterocycles. The Kier molecular flexibility index (Phi) is 2.84. The number of fused-ring (bicyclic) bond motifs is 1. The van der Waals surface area contributed by atoms with Crippen molar-refractivity contribution in [3.05, 3.63) is 35.3 Å². The van der Waals surface area contributed by atoms with Crippen molar-refractivity contribution in [2.45, 2.75) is 13.1 Å². The lowest BCUT2D eigenvalue weighted by atomic mass is 10.1. The summed E-state index contributed by atoms with van der Waals surface area (Å²) in [6.07, 6.45) is 3.75. The topological polar surface area (TPSA) is 97.7 Å². The fraction of sp³-hybridized carbons (Fsp3) is 0.231. The van der Waals surface area contributed by atoms with Crippen LogP contribution in [-0.4, -0.2) is 33.0 Å². The van der Waals surface area contributed by atoms with E-state index in [2.05, 4.69) is 26.7 Å². The number of hydrogen-bond acceptors (Lipinski definition) is 5. The molecular weight excluding hydrogens is 256 g/mol. The van der Waals surface area contributed by atoms with E-state index in [9.17, 15) is 4.79 Å². The molecule has 0 saturated carbocycles. The fourth-order valence-corrected chi connectivity index (χ4v) is 2.25. The van der Waals surface area contributed by atoms with Crippen molar-refractivity contribution in [2.24, 2.45) is 0 Å². The SMILES string of the molecule is CNC(=O)c1ccc(-c2n[nH]c3c2CN(C#N)C3)cn1. The van der Waals surface area contributed by atoms with Crippen LogP contribution in [0.4, 0.5) is 0 Å². The van der Waals surface area contributed by atoms with Crippen LogP contribution in [0.1, 0.15) is 21.7 Å². The van der Waals surface area contributed by atoms with Crippen molar-refractivity contribution in [2.75, 3.05) is 7.05 Å². The highest BCUT2D eigenvalue weighted by atomic mass is 16.1. The Morgan fingerprint density at radius 2 is 2.35 bits per heavy atom. The van der Waals surface area contributed by atoms with Gasteiger partial charge in [-0.15, -0.1) is 0 Å². The Labute approximate surface area is 115 Å². The van der Waals surface area contributed by atoms with Crippen molar-refractivity contribution in [1.29, 1.82) is 5.26 Å². The van der Waals surface area contributed by atoms with Gasteiger partial charge in [0.25, 0.3) is 5.91 Å². The molecule has 2 aromatic rings. The van der Waals surface area contributed by atoms with Crippen molar-refractivity contribution < 1.29 is 4.79 Å². The molecule has 7 nitrogen and oxygen atoms in total. The second kappa shape index (κ2) is 4.66. The zero-order valence-electron chi connectivity index (χ0n) is 10.8. The van der Waals surface area contributed by atoms with E-state index in [0.717, 1.165) is 22.5 Å². The van der Waals surface area contributed by atoms with Crippen LogP contribution in [-0.2, 0) is 13.1 Å². The number of nitrogens with zero attached hydrogens (tertiary/aromatic N) is 4. The number of amides is 1. The summed E-state index contributed by atoms with van der Waals surface area (Å²) in [7, 11) is 1.56. The zero-order chi connectivity index (χ0) is 14.1. The zero-order valence-corrected chi connectivity index (χ0v) is 10.8. The predicted octanol–water partition coefficient (Wildman–Crippen LogP) is 0.628. The normalized spacial score (nSPS) is 12.9. The van der Waals surface area contributed by atoms with Crippen molar-refractivity contribution in [3.63, 3.8) is 0 Å². The molecule has 0 unspecified atom stereocenters. The third-order valence-corrected chi connectivity index (χ3v) is 3.29. The molecule has 100 valence electrons. The molecule has 2 N–H and O–H groups in total. The smallest absolute Gasteiger partial charge is 0.269 e. The largest absolute Gasteiger partial charge is 0.354 e. The van der Waals surface area contributed by atoms with Crippen LogP contribution in [0.3, 0.4) is 0 Å². The number of nitriles is 1. The van der Waals surface area contributed by atoms with E-state index in [4.69, 9.17) is 5.26 Å². The van der Waals surface area contributed by atoms with Gasteiger partial charge in [-0.2, -0.15) is 10.4 Å². The van der Waals surface area contributed by atoms with E-state index in [1.807, 2.05) is 6.07 Å². The fourth-order valence-electron chi connectivity index (χ4n) is 2.25. The summed E-state index contributed by atoms with van der Waals surface area (Å²) in [6, 6.07) is 3.47. The van der Waals surface area contributed by atoms with Gasteiger partial charge < -0.3 is 10.2 Å². The van der Waals surface area contributed by atoms with Gasteiger partial charge in [-0.1, -0.05) is 0 Å². The number of pyridine rings is 1. The molecule has 0 aromatic carbocycles. The van der Waals surface area contributed by atoms with Crippen LogP contribution in [0.5, 0.6) is 0 Å². The standard InChI is InChI=1S/C13H12N6O/c1-15-13(20)10-3-2-8(4-16-10)12-9-5-19(7-14)6-11(9)17-18-12/h2-4H,5-6H2,1H3,(H,15,20)(H,17,18). The average Bonchev–Trinajstić information content (AvgIpc) is 3.06. The highest BCUT2D eigenvalue weighted by molar-refractivity contribution is 5.92. The van der Waals surface area contributed by atoms with E-state index in [0.29, 0.717) is 18.8 Å². The number of carbonyl (C=O) groups is 1. The molecule has 2 aromatic heterocycles. The first-order valence-corrected chi connectivity index (χ1v) is 6.12. The number of aromatic nitrogens is 3. The minimum absolute atomic E-state index is 0.223. The maximum atomic E-state index is 11.4. The highest BCUT2D eigenvalue weighted by Gasteiger charge is 2.24. The Morgan fingerprint density at radius 1 is 1.50 bits per heavy atom. The molecule has 0 radical (unpaired) electrons. The number of aromatic amines is 1. The maximum absolute atomic E-state index is 11.4. The first-order chi connectivity index (χ1) is 9.72. The summed E-state index contributed by atoms with van der Waals surface area (Å²) in [6.45, 7) is 1.11. The lowest BCUT2D eigenvalue weighted by Gasteiger charge is -2.05. The minimum atomic E-state index is -0.223. The molecule has 7 heteroatoms. The van der Waals surface area contributed by atoms with Gasteiger partial charge in [-0.05, 0) is 12.1 Å². The van der Waals surface area contributed by atoms with Crippen LogP contribution in [0, 0.1) is 11.5 Å². The average molecular weight is 268 g/mol. The molecule has 0 fully saturated rings. The number of rotatable bonds is 2. The van der Waals surface area contributed by atoms with Gasteiger partial charge in [0, 0.05) is 24.4 Å².